The minimum Gasteiger partial charge on any atom is -0.507 e. The Morgan fingerprint density at radius 1 is 1.29 bits per heavy atom. The predicted octanol–water partition coefficient (Wildman–Crippen LogP) is 3.94. The molecule has 1 atom stereocenters. The van der Waals surface area contributed by atoms with Crippen LogP contribution in [0.15, 0.2) is 16.6 Å². The van der Waals surface area contributed by atoms with Crippen LogP contribution < -0.4 is 0 Å². The first-order chi connectivity index (χ1) is 7.82. The molecule has 0 aliphatic carbocycles. The Bertz CT molecular complexity index is 390. The van der Waals surface area contributed by atoms with E-state index in [1.165, 1.54) is 0 Å². The van der Waals surface area contributed by atoms with Crippen LogP contribution in [-0.2, 0) is 6.54 Å². The predicted molar refractivity (Wildman–Crippen MR) is 76.3 cm³/mol. The van der Waals surface area contributed by atoms with Gasteiger partial charge in [0.25, 0.3) is 0 Å². The van der Waals surface area contributed by atoms with Crippen molar-refractivity contribution in [3.63, 3.8) is 0 Å². The lowest BCUT2D eigenvalue weighted by Crippen LogP contribution is -2.32. The molecule has 0 bridgehead atoms. The summed E-state index contributed by atoms with van der Waals surface area (Å²) >= 11 is 3.47. The Morgan fingerprint density at radius 3 is 2.41 bits per heavy atom. The summed E-state index contributed by atoms with van der Waals surface area (Å²) in [7, 11) is 2.10. The molecule has 1 aromatic rings. The summed E-state index contributed by atoms with van der Waals surface area (Å²) in [6.45, 7) is 9.34. The largest absolute Gasteiger partial charge is 0.507 e. The molecule has 1 N–H and O–H groups in total. The number of hydrogen-bond acceptors (Lipinski definition) is 2. The minimum atomic E-state index is 0.413. The zero-order chi connectivity index (χ0) is 13.2. The number of phenolic OH excluding ortho intramolecular Hbond substituents is 1. The van der Waals surface area contributed by atoms with Crippen molar-refractivity contribution >= 4 is 15.9 Å². The summed E-state index contributed by atoms with van der Waals surface area (Å²) in [5, 5.41) is 10.0. The molecule has 0 saturated heterocycles. The van der Waals surface area contributed by atoms with Crippen LogP contribution in [0.4, 0.5) is 0 Å². The third-order valence-corrected chi connectivity index (χ3v) is 3.88. The number of halogens is 1. The maximum Gasteiger partial charge on any atom is 0.123 e. The first kappa shape index (κ1) is 14.5. The van der Waals surface area contributed by atoms with Crippen molar-refractivity contribution in [2.24, 2.45) is 5.92 Å². The third kappa shape index (κ3) is 3.71. The molecular formula is C14H22BrNO. The van der Waals surface area contributed by atoms with Gasteiger partial charge in [0.1, 0.15) is 5.75 Å². The highest BCUT2D eigenvalue weighted by Crippen LogP contribution is 2.28. The van der Waals surface area contributed by atoms with Crippen molar-refractivity contribution in [3.05, 3.63) is 27.7 Å². The summed E-state index contributed by atoms with van der Waals surface area (Å²) in [6, 6.07) is 4.42. The summed E-state index contributed by atoms with van der Waals surface area (Å²) in [5.41, 5.74) is 1.90. The van der Waals surface area contributed by atoms with Gasteiger partial charge in [0.2, 0.25) is 0 Å². The second-order valence-electron chi connectivity index (χ2n) is 5.13. The summed E-state index contributed by atoms with van der Waals surface area (Å²) in [5.74, 6) is 1.02. The molecule has 0 saturated carbocycles. The fourth-order valence-electron chi connectivity index (χ4n) is 1.85. The molecule has 2 nitrogen and oxygen atoms in total. The van der Waals surface area contributed by atoms with Crippen molar-refractivity contribution < 1.29 is 5.11 Å². The molecular weight excluding hydrogens is 278 g/mol. The van der Waals surface area contributed by atoms with Crippen molar-refractivity contribution in [3.8, 4) is 5.75 Å². The molecule has 17 heavy (non-hydrogen) atoms. The number of hydrogen-bond donors (Lipinski definition) is 1. The highest BCUT2D eigenvalue weighted by Gasteiger charge is 2.15. The van der Waals surface area contributed by atoms with Gasteiger partial charge < -0.3 is 5.11 Å². The maximum absolute atomic E-state index is 10.0. The number of nitrogens with zero attached hydrogens (tertiary/aromatic N) is 1. The fourth-order valence-corrected chi connectivity index (χ4v) is 2.47. The van der Waals surface area contributed by atoms with Crippen LogP contribution in [0.5, 0.6) is 5.75 Å². The Morgan fingerprint density at radius 2 is 1.88 bits per heavy atom. The first-order valence-corrected chi connectivity index (χ1v) is 6.80. The topological polar surface area (TPSA) is 23.5 Å². The number of phenols is 1. The fraction of sp³-hybridized carbons (Fsp3) is 0.571. The first-order valence-electron chi connectivity index (χ1n) is 6.01. The van der Waals surface area contributed by atoms with E-state index in [9.17, 15) is 5.11 Å². The van der Waals surface area contributed by atoms with Crippen molar-refractivity contribution in [2.45, 2.75) is 40.3 Å². The average Bonchev–Trinajstić information content (AvgIpc) is 2.23. The molecule has 1 rings (SSSR count). The van der Waals surface area contributed by atoms with Crippen molar-refractivity contribution in [1.82, 2.24) is 4.90 Å². The molecule has 96 valence electrons. The van der Waals surface area contributed by atoms with Crippen LogP contribution >= 0.6 is 15.9 Å². The summed E-state index contributed by atoms with van der Waals surface area (Å²) in [6.07, 6.45) is 0. The molecule has 0 aromatic heterocycles. The molecule has 0 aliphatic heterocycles. The van der Waals surface area contributed by atoms with Gasteiger partial charge in [-0.1, -0.05) is 29.8 Å². The second-order valence-corrected chi connectivity index (χ2v) is 6.05. The van der Waals surface area contributed by atoms with E-state index in [-0.39, 0.29) is 0 Å². The van der Waals surface area contributed by atoms with Gasteiger partial charge in [-0.05, 0) is 44.5 Å². The van der Waals surface area contributed by atoms with Crippen molar-refractivity contribution in [1.29, 1.82) is 0 Å². The van der Waals surface area contributed by atoms with E-state index < -0.39 is 0 Å². The Kier molecular flexibility index (Phi) is 5.02. The van der Waals surface area contributed by atoms with Crippen LogP contribution in [0.1, 0.15) is 31.9 Å². The second kappa shape index (κ2) is 5.87. The molecule has 3 heteroatoms. The summed E-state index contributed by atoms with van der Waals surface area (Å²) < 4.78 is 1.02. The van der Waals surface area contributed by atoms with E-state index >= 15 is 0 Å². The molecule has 0 aliphatic rings. The molecule has 0 amide bonds. The zero-order valence-corrected chi connectivity index (χ0v) is 12.9. The monoisotopic (exact) mass is 299 g/mol. The SMILES string of the molecule is Cc1cc(Br)cc(CN(C)C(C)C(C)C)c1O. The minimum absolute atomic E-state index is 0.413. The van der Waals surface area contributed by atoms with E-state index in [2.05, 4.69) is 48.6 Å². The van der Waals surface area contributed by atoms with Gasteiger partial charge in [0.15, 0.2) is 0 Å². The Hall–Kier alpha value is -0.540. The lowest BCUT2D eigenvalue weighted by atomic mass is 10.0. The maximum atomic E-state index is 10.0. The molecule has 0 heterocycles. The van der Waals surface area contributed by atoms with Crippen LogP contribution in [0.3, 0.4) is 0 Å². The van der Waals surface area contributed by atoms with Gasteiger partial charge in [0.05, 0.1) is 0 Å². The van der Waals surface area contributed by atoms with Crippen LogP contribution in [0.25, 0.3) is 0 Å². The van der Waals surface area contributed by atoms with Crippen molar-refractivity contribution in [2.75, 3.05) is 7.05 Å². The van der Waals surface area contributed by atoms with Gasteiger partial charge >= 0.3 is 0 Å². The van der Waals surface area contributed by atoms with Crippen LogP contribution in [0, 0.1) is 12.8 Å². The van der Waals surface area contributed by atoms with E-state index in [0.717, 1.165) is 22.1 Å². The normalized spacial score (nSPS) is 13.4. The summed E-state index contributed by atoms with van der Waals surface area (Å²) in [4.78, 5) is 2.27. The lowest BCUT2D eigenvalue weighted by molar-refractivity contribution is 0.198. The van der Waals surface area contributed by atoms with E-state index in [1.54, 1.807) is 0 Å². The Labute approximate surface area is 113 Å². The average molecular weight is 300 g/mol. The van der Waals surface area contributed by atoms with Crippen LogP contribution in [-0.4, -0.2) is 23.1 Å². The number of benzene rings is 1. The zero-order valence-electron chi connectivity index (χ0n) is 11.3. The van der Waals surface area contributed by atoms with E-state index in [4.69, 9.17) is 0 Å². The van der Waals surface area contributed by atoms with E-state index in [1.807, 2.05) is 19.1 Å². The smallest absolute Gasteiger partial charge is 0.123 e. The van der Waals surface area contributed by atoms with Gasteiger partial charge in [0, 0.05) is 22.6 Å². The van der Waals surface area contributed by atoms with E-state index in [0.29, 0.717) is 17.7 Å². The van der Waals surface area contributed by atoms with Gasteiger partial charge in [-0.15, -0.1) is 0 Å². The number of aryl methyl sites for hydroxylation is 1. The number of aromatic hydroxyl groups is 1. The Balaban J connectivity index is 2.88. The van der Waals surface area contributed by atoms with Gasteiger partial charge in [-0.3, -0.25) is 4.90 Å². The van der Waals surface area contributed by atoms with Gasteiger partial charge in [-0.25, -0.2) is 0 Å². The molecule has 1 unspecified atom stereocenters. The molecule has 0 spiro atoms. The highest BCUT2D eigenvalue weighted by atomic mass is 79.9. The quantitative estimate of drug-likeness (QED) is 0.910. The number of rotatable bonds is 4. The molecule has 0 fully saturated rings. The lowest BCUT2D eigenvalue weighted by Gasteiger charge is -2.28. The standard InChI is InChI=1S/C14H22BrNO/c1-9(2)11(4)16(5)8-12-7-13(15)6-10(3)14(12)17/h6-7,9,11,17H,8H2,1-5H3. The van der Waals surface area contributed by atoms with Crippen LogP contribution in [0.2, 0.25) is 0 Å². The molecule has 1 aromatic carbocycles. The highest BCUT2D eigenvalue weighted by molar-refractivity contribution is 9.10. The molecule has 0 radical (unpaired) electrons. The van der Waals surface area contributed by atoms with Gasteiger partial charge in [-0.2, -0.15) is 0 Å². The third-order valence-electron chi connectivity index (χ3n) is 3.42.